The number of nitrogens with zero attached hydrogens (tertiary/aromatic N) is 2. The highest BCUT2D eigenvalue weighted by Gasteiger charge is 2.15. The van der Waals surface area contributed by atoms with Gasteiger partial charge in [0, 0.05) is 44.3 Å². The average Bonchev–Trinajstić information content (AvgIpc) is 3.72. The Balaban J connectivity index is 1.08. The average molecular weight is 652 g/mol. The molecule has 0 aliphatic carbocycles. The van der Waals surface area contributed by atoms with Crippen molar-refractivity contribution in [3.8, 4) is 33.6 Å². The predicted molar refractivity (Wildman–Crippen MR) is 216 cm³/mol. The molecule has 51 heavy (non-hydrogen) atoms. The molecule has 0 saturated carbocycles. The van der Waals surface area contributed by atoms with Crippen molar-refractivity contribution in [2.45, 2.75) is 0 Å². The molecule has 0 fully saturated rings. The van der Waals surface area contributed by atoms with Crippen LogP contribution < -0.4 is 5.32 Å². The van der Waals surface area contributed by atoms with Crippen molar-refractivity contribution in [3.05, 3.63) is 194 Å². The molecule has 3 nitrogen and oxygen atoms in total. The number of anilines is 2. The van der Waals surface area contributed by atoms with Crippen LogP contribution in [0.3, 0.4) is 0 Å². The van der Waals surface area contributed by atoms with Crippen LogP contribution in [0.4, 0.5) is 11.4 Å². The summed E-state index contributed by atoms with van der Waals surface area (Å²) < 4.78 is 4.74. The zero-order chi connectivity index (χ0) is 33.7. The van der Waals surface area contributed by atoms with Gasteiger partial charge in [-0.1, -0.05) is 121 Å². The number of hydrogen-bond donors (Lipinski definition) is 1. The van der Waals surface area contributed by atoms with Gasteiger partial charge in [0.2, 0.25) is 0 Å². The maximum absolute atomic E-state index is 3.62. The number of para-hydroxylation sites is 5. The standard InChI is InChI=1S/C48H33N3/c1-2-12-35(13-3-1)49-36-26-31-39(33-22-27-37(28-23-33)50-45-18-8-4-14-40(45)41-15-5-9-19-46(41)50)44(32-36)34-24-29-38(30-25-34)51-47-20-10-6-16-42(47)43-17-7-11-21-48(43)51/h1-32,49H. The summed E-state index contributed by atoms with van der Waals surface area (Å²) in [7, 11) is 0. The Morgan fingerprint density at radius 3 is 1.14 bits per heavy atom. The first-order valence-corrected chi connectivity index (χ1v) is 17.4. The number of aromatic nitrogens is 2. The molecule has 0 aliphatic heterocycles. The van der Waals surface area contributed by atoms with Crippen molar-refractivity contribution in [1.29, 1.82) is 0 Å². The molecule has 0 bridgehead atoms. The summed E-state index contributed by atoms with van der Waals surface area (Å²) in [6.45, 7) is 0. The van der Waals surface area contributed by atoms with Crippen LogP contribution in [0.5, 0.6) is 0 Å². The third kappa shape index (κ3) is 4.90. The molecule has 2 aromatic heterocycles. The van der Waals surface area contributed by atoms with E-state index in [-0.39, 0.29) is 0 Å². The van der Waals surface area contributed by atoms with E-state index in [9.17, 15) is 0 Å². The molecule has 1 N–H and O–H groups in total. The number of hydrogen-bond acceptors (Lipinski definition) is 1. The monoisotopic (exact) mass is 651 g/mol. The van der Waals surface area contributed by atoms with Gasteiger partial charge in [0.05, 0.1) is 22.1 Å². The summed E-state index contributed by atoms with van der Waals surface area (Å²) >= 11 is 0. The lowest BCUT2D eigenvalue weighted by Gasteiger charge is -2.16. The maximum Gasteiger partial charge on any atom is 0.0541 e. The fourth-order valence-electron chi connectivity index (χ4n) is 7.78. The van der Waals surface area contributed by atoms with Gasteiger partial charge in [0.1, 0.15) is 0 Å². The Kier molecular flexibility index (Phi) is 6.81. The van der Waals surface area contributed by atoms with E-state index < -0.39 is 0 Å². The van der Waals surface area contributed by atoms with E-state index in [1.54, 1.807) is 0 Å². The minimum absolute atomic E-state index is 1.05. The van der Waals surface area contributed by atoms with Gasteiger partial charge in [-0.3, -0.25) is 0 Å². The molecule has 0 aliphatic rings. The SMILES string of the molecule is c1ccc(Nc2ccc(-c3ccc(-n4c5ccccc5c5ccccc54)cc3)c(-c3ccc(-n4c5ccccc5c5ccccc54)cc3)c2)cc1. The first-order chi connectivity index (χ1) is 25.3. The van der Waals surface area contributed by atoms with E-state index in [2.05, 4.69) is 203 Å². The molecule has 0 amide bonds. The van der Waals surface area contributed by atoms with Gasteiger partial charge in [-0.05, 0) is 95.1 Å². The molecular weight excluding hydrogens is 619 g/mol. The third-order valence-electron chi connectivity index (χ3n) is 10.1. The molecule has 240 valence electrons. The Morgan fingerprint density at radius 2 is 0.686 bits per heavy atom. The highest BCUT2D eigenvalue weighted by atomic mass is 15.0. The van der Waals surface area contributed by atoms with Crippen molar-refractivity contribution >= 4 is 55.0 Å². The van der Waals surface area contributed by atoms with Gasteiger partial charge < -0.3 is 14.5 Å². The number of benzene rings is 8. The zero-order valence-electron chi connectivity index (χ0n) is 27.9. The van der Waals surface area contributed by atoms with Crippen LogP contribution >= 0.6 is 0 Å². The first kappa shape index (κ1) is 29.1. The van der Waals surface area contributed by atoms with E-state index in [1.807, 2.05) is 6.07 Å². The Morgan fingerprint density at radius 1 is 0.294 bits per heavy atom. The van der Waals surface area contributed by atoms with Gasteiger partial charge in [0.25, 0.3) is 0 Å². The molecule has 3 heteroatoms. The minimum atomic E-state index is 1.05. The topological polar surface area (TPSA) is 21.9 Å². The summed E-state index contributed by atoms with van der Waals surface area (Å²) in [6.07, 6.45) is 0. The van der Waals surface area contributed by atoms with Crippen molar-refractivity contribution in [1.82, 2.24) is 9.13 Å². The second-order valence-corrected chi connectivity index (χ2v) is 13.1. The maximum atomic E-state index is 3.62. The summed E-state index contributed by atoms with van der Waals surface area (Å²) in [5.41, 5.74) is 14.0. The minimum Gasteiger partial charge on any atom is -0.356 e. The summed E-state index contributed by atoms with van der Waals surface area (Å²) in [6, 6.07) is 69.8. The smallest absolute Gasteiger partial charge is 0.0541 e. The van der Waals surface area contributed by atoms with Crippen LogP contribution in [0, 0.1) is 0 Å². The molecule has 8 aromatic carbocycles. The summed E-state index contributed by atoms with van der Waals surface area (Å²) in [5, 5.41) is 8.69. The first-order valence-electron chi connectivity index (χ1n) is 17.4. The largest absolute Gasteiger partial charge is 0.356 e. The molecule has 0 saturated heterocycles. The zero-order valence-corrected chi connectivity index (χ0v) is 27.9. The van der Waals surface area contributed by atoms with E-state index >= 15 is 0 Å². The molecule has 10 rings (SSSR count). The van der Waals surface area contributed by atoms with Gasteiger partial charge in [-0.2, -0.15) is 0 Å². The normalized spacial score (nSPS) is 11.5. The van der Waals surface area contributed by atoms with Crippen LogP contribution in [-0.2, 0) is 0 Å². The van der Waals surface area contributed by atoms with E-state index in [4.69, 9.17) is 0 Å². The molecule has 0 atom stereocenters. The second kappa shape index (κ2) is 11.9. The van der Waals surface area contributed by atoms with Crippen LogP contribution in [0.25, 0.3) is 77.2 Å². The highest BCUT2D eigenvalue weighted by molar-refractivity contribution is 6.10. The van der Waals surface area contributed by atoms with Gasteiger partial charge in [-0.25, -0.2) is 0 Å². The quantitative estimate of drug-likeness (QED) is 0.190. The number of fused-ring (bicyclic) bond motifs is 6. The Bertz CT molecular complexity index is 2750. The highest BCUT2D eigenvalue weighted by Crippen LogP contribution is 2.38. The van der Waals surface area contributed by atoms with E-state index in [0.29, 0.717) is 0 Å². The van der Waals surface area contributed by atoms with Crippen LogP contribution in [0.2, 0.25) is 0 Å². The fraction of sp³-hybridized carbons (Fsp3) is 0. The van der Waals surface area contributed by atoms with Crippen LogP contribution in [0.15, 0.2) is 194 Å². The fourth-order valence-corrected chi connectivity index (χ4v) is 7.78. The van der Waals surface area contributed by atoms with E-state index in [0.717, 1.165) is 28.3 Å². The molecule has 0 unspecified atom stereocenters. The summed E-state index contributed by atoms with van der Waals surface area (Å²) in [4.78, 5) is 0. The van der Waals surface area contributed by atoms with Crippen molar-refractivity contribution in [2.75, 3.05) is 5.32 Å². The van der Waals surface area contributed by atoms with Crippen LogP contribution in [0.1, 0.15) is 0 Å². The van der Waals surface area contributed by atoms with Gasteiger partial charge >= 0.3 is 0 Å². The van der Waals surface area contributed by atoms with Crippen molar-refractivity contribution in [3.63, 3.8) is 0 Å². The second-order valence-electron chi connectivity index (χ2n) is 13.1. The lowest BCUT2D eigenvalue weighted by molar-refractivity contribution is 1.18. The van der Waals surface area contributed by atoms with Crippen molar-refractivity contribution in [2.24, 2.45) is 0 Å². The Labute approximate surface area is 296 Å². The van der Waals surface area contributed by atoms with Gasteiger partial charge in [0.15, 0.2) is 0 Å². The molecule has 10 aromatic rings. The van der Waals surface area contributed by atoms with Gasteiger partial charge in [-0.15, -0.1) is 0 Å². The van der Waals surface area contributed by atoms with Crippen molar-refractivity contribution < 1.29 is 0 Å². The lowest BCUT2D eigenvalue weighted by atomic mass is 9.93. The molecular formula is C48H33N3. The Hall–Kier alpha value is -6.84. The third-order valence-corrected chi connectivity index (χ3v) is 10.1. The molecule has 2 heterocycles. The predicted octanol–water partition coefficient (Wildman–Crippen LogP) is 13.0. The van der Waals surface area contributed by atoms with E-state index in [1.165, 1.54) is 60.3 Å². The van der Waals surface area contributed by atoms with Crippen LogP contribution in [-0.4, -0.2) is 9.13 Å². The lowest BCUT2D eigenvalue weighted by Crippen LogP contribution is -1.96. The number of rotatable bonds is 6. The summed E-state index contributed by atoms with van der Waals surface area (Å²) in [5.74, 6) is 0. The number of nitrogens with one attached hydrogen (secondary N) is 1. The molecule has 0 radical (unpaired) electrons. The molecule has 0 spiro atoms.